The van der Waals surface area contributed by atoms with Gasteiger partial charge in [-0.25, -0.2) is 9.59 Å². The van der Waals surface area contributed by atoms with Gasteiger partial charge < -0.3 is 23.8 Å². The van der Waals surface area contributed by atoms with E-state index in [0.717, 1.165) is 0 Å². The fourth-order valence-electron chi connectivity index (χ4n) is 5.04. The quantitative estimate of drug-likeness (QED) is 0.359. The van der Waals surface area contributed by atoms with E-state index in [2.05, 4.69) is 5.32 Å². The predicted molar refractivity (Wildman–Crippen MR) is 154 cm³/mol. The molecule has 0 aromatic heterocycles. The van der Waals surface area contributed by atoms with Crippen molar-refractivity contribution in [2.75, 3.05) is 26.2 Å². The van der Waals surface area contributed by atoms with Crippen LogP contribution in [0.3, 0.4) is 0 Å². The molecule has 0 fully saturated rings. The first-order valence-electron chi connectivity index (χ1n) is 12.9. The number of likely N-dealkylation sites (N-methyl/N-ethyl adjacent to an activating group) is 1. The molecule has 1 heterocycles. The minimum absolute atomic E-state index is 0.144. The van der Waals surface area contributed by atoms with E-state index in [1.54, 1.807) is 101 Å². The molecule has 10 heteroatoms. The molecule has 41 heavy (non-hydrogen) atoms. The Morgan fingerprint density at radius 1 is 0.951 bits per heavy atom. The van der Waals surface area contributed by atoms with Crippen LogP contribution < -0.4 is 15.0 Å². The SMILES string of the molecule is COC(=O)[C@@](OCc1ccc(Cl)cc1)(c1ccc(OC)cc1)[C@]1(NC(=O)OC(C)(C)C)C(=O)N(C)c2ccccc21. The van der Waals surface area contributed by atoms with Crippen molar-refractivity contribution in [2.24, 2.45) is 0 Å². The molecular formula is C31H33ClN2O7. The van der Waals surface area contributed by atoms with Crippen molar-refractivity contribution in [1.29, 1.82) is 0 Å². The van der Waals surface area contributed by atoms with E-state index in [9.17, 15) is 14.4 Å². The van der Waals surface area contributed by atoms with Crippen molar-refractivity contribution in [3.8, 4) is 5.75 Å². The largest absolute Gasteiger partial charge is 0.497 e. The average molecular weight is 581 g/mol. The summed E-state index contributed by atoms with van der Waals surface area (Å²) in [4.78, 5) is 43.7. The van der Waals surface area contributed by atoms with E-state index >= 15 is 0 Å². The zero-order valence-corrected chi connectivity index (χ0v) is 24.6. The molecule has 3 aromatic rings. The highest BCUT2D eigenvalue weighted by Gasteiger charge is 2.70. The summed E-state index contributed by atoms with van der Waals surface area (Å²) in [5, 5.41) is 3.30. The van der Waals surface area contributed by atoms with Crippen molar-refractivity contribution in [2.45, 2.75) is 44.1 Å². The second kappa shape index (κ2) is 11.4. The molecule has 3 aromatic carbocycles. The van der Waals surface area contributed by atoms with Crippen LogP contribution in [0, 0.1) is 0 Å². The normalized spacial score (nSPS) is 17.8. The Morgan fingerprint density at radius 2 is 1.59 bits per heavy atom. The fraction of sp³-hybridized carbons (Fsp3) is 0.323. The lowest BCUT2D eigenvalue weighted by atomic mass is 9.70. The molecule has 0 saturated heterocycles. The van der Waals surface area contributed by atoms with Gasteiger partial charge in [0.2, 0.25) is 5.60 Å². The maximum atomic E-state index is 14.5. The van der Waals surface area contributed by atoms with Gasteiger partial charge >= 0.3 is 12.1 Å². The Morgan fingerprint density at radius 3 is 2.17 bits per heavy atom. The second-order valence-electron chi connectivity index (χ2n) is 10.6. The number of benzene rings is 3. The molecule has 0 bridgehead atoms. The van der Waals surface area contributed by atoms with Crippen LogP contribution in [-0.2, 0) is 41.5 Å². The number of esters is 1. The van der Waals surface area contributed by atoms with Gasteiger partial charge in [-0.2, -0.15) is 0 Å². The monoisotopic (exact) mass is 580 g/mol. The highest BCUT2D eigenvalue weighted by Crippen LogP contribution is 2.53. The topological polar surface area (TPSA) is 103 Å². The van der Waals surface area contributed by atoms with Gasteiger partial charge in [0.15, 0.2) is 5.54 Å². The third kappa shape index (κ3) is 5.35. The van der Waals surface area contributed by atoms with Crippen LogP contribution in [0.25, 0.3) is 0 Å². The third-order valence-electron chi connectivity index (χ3n) is 6.85. The summed E-state index contributed by atoms with van der Waals surface area (Å²) in [6.45, 7) is 4.95. The molecule has 216 valence electrons. The molecule has 0 aliphatic carbocycles. The third-order valence-corrected chi connectivity index (χ3v) is 7.10. The Balaban J connectivity index is 2.06. The number of nitrogens with one attached hydrogen (secondary N) is 1. The van der Waals surface area contributed by atoms with Crippen LogP contribution in [-0.4, -0.2) is 44.8 Å². The summed E-state index contributed by atoms with van der Waals surface area (Å²) >= 11 is 6.09. The van der Waals surface area contributed by atoms with Crippen molar-refractivity contribution >= 4 is 35.3 Å². The molecule has 0 radical (unpaired) electrons. The molecular weight excluding hydrogens is 548 g/mol. The molecule has 0 spiro atoms. The van der Waals surface area contributed by atoms with Gasteiger partial charge in [-0.05, 0) is 62.2 Å². The highest BCUT2D eigenvalue weighted by atomic mass is 35.5. The van der Waals surface area contributed by atoms with Crippen LogP contribution in [0.1, 0.15) is 37.5 Å². The smallest absolute Gasteiger partial charge is 0.408 e. The van der Waals surface area contributed by atoms with Crippen LogP contribution in [0.2, 0.25) is 5.02 Å². The van der Waals surface area contributed by atoms with Crippen LogP contribution in [0.4, 0.5) is 10.5 Å². The van der Waals surface area contributed by atoms with Crippen LogP contribution in [0.15, 0.2) is 72.8 Å². The molecule has 0 unspecified atom stereocenters. The molecule has 4 rings (SSSR count). The lowest BCUT2D eigenvalue weighted by molar-refractivity contribution is -0.192. The first-order chi connectivity index (χ1) is 19.4. The summed E-state index contributed by atoms with van der Waals surface area (Å²) in [7, 11) is 4.27. The van der Waals surface area contributed by atoms with Crippen molar-refractivity contribution in [1.82, 2.24) is 5.32 Å². The number of para-hydroxylation sites is 1. The van der Waals surface area contributed by atoms with Crippen LogP contribution in [0.5, 0.6) is 5.75 Å². The zero-order chi connectivity index (χ0) is 30.0. The number of alkyl carbamates (subject to hydrolysis) is 1. The summed E-state index contributed by atoms with van der Waals surface area (Å²) in [6.07, 6.45) is -0.923. The predicted octanol–water partition coefficient (Wildman–Crippen LogP) is 5.33. The Hall–Kier alpha value is -4.08. The standard InChI is InChI=1S/C31H33ClN2O7/c1-29(2,3)41-28(37)33-30(24-9-7-8-10-25(24)34(4)26(30)35)31(27(36)39-6,21-13-17-23(38-5)18-14-21)40-19-20-11-15-22(32)16-12-20/h7-18H,19H2,1-6H3,(H,33,37)/t30-,31+/m1/s1. The molecule has 2 atom stereocenters. The van der Waals surface area contributed by atoms with E-state index in [1.165, 1.54) is 19.1 Å². The first-order valence-corrected chi connectivity index (χ1v) is 13.3. The second-order valence-corrected chi connectivity index (χ2v) is 11.0. The van der Waals surface area contributed by atoms with E-state index in [4.69, 9.17) is 30.5 Å². The number of halogens is 1. The molecule has 0 saturated carbocycles. The number of hydrogen-bond donors (Lipinski definition) is 1. The molecule has 1 aliphatic heterocycles. The number of hydrogen-bond acceptors (Lipinski definition) is 7. The van der Waals surface area contributed by atoms with Gasteiger partial charge in [-0.15, -0.1) is 0 Å². The maximum Gasteiger partial charge on any atom is 0.408 e. The molecule has 1 aliphatic rings. The van der Waals surface area contributed by atoms with Crippen molar-refractivity contribution in [3.63, 3.8) is 0 Å². The Bertz CT molecular complexity index is 1440. The number of carbonyl (C=O) groups is 3. The van der Waals surface area contributed by atoms with Gasteiger partial charge in [0.1, 0.15) is 11.4 Å². The van der Waals surface area contributed by atoms with E-state index < -0.39 is 34.7 Å². The van der Waals surface area contributed by atoms with Gasteiger partial charge in [0.25, 0.3) is 5.91 Å². The Labute approximate surface area is 244 Å². The minimum atomic E-state index is -2.23. The zero-order valence-electron chi connectivity index (χ0n) is 23.8. The molecule has 9 nitrogen and oxygen atoms in total. The van der Waals surface area contributed by atoms with E-state index in [0.29, 0.717) is 27.6 Å². The summed E-state index contributed by atoms with van der Waals surface area (Å²) in [5.74, 6) is -1.03. The first kappa shape index (κ1) is 29.9. The number of amides is 2. The Kier molecular flexibility index (Phi) is 8.33. The molecule has 1 N–H and O–H groups in total. The lowest BCUT2D eigenvalue weighted by Gasteiger charge is -2.45. The average Bonchev–Trinajstić information content (AvgIpc) is 3.16. The minimum Gasteiger partial charge on any atom is -0.497 e. The number of carbonyl (C=O) groups excluding carboxylic acids is 3. The number of ether oxygens (including phenoxy) is 4. The van der Waals surface area contributed by atoms with Crippen LogP contribution >= 0.6 is 11.6 Å². The van der Waals surface area contributed by atoms with E-state index in [1.807, 2.05) is 0 Å². The number of nitrogens with zero attached hydrogens (tertiary/aromatic N) is 1. The summed E-state index contributed by atoms with van der Waals surface area (Å²) in [6, 6.07) is 20.2. The highest BCUT2D eigenvalue weighted by molar-refractivity contribution is 6.30. The number of fused-ring (bicyclic) bond motifs is 1. The van der Waals surface area contributed by atoms with Gasteiger partial charge in [-0.3, -0.25) is 10.1 Å². The van der Waals surface area contributed by atoms with Gasteiger partial charge in [0.05, 0.1) is 20.8 Å². The van der Waals surface area contributed by atoms with Gasteiger partial charge in [0, 0.05) is 23.3 Å². The van der Waals surface area contributed by atoms with Crippen molar-refractivity contribution < 1.29 is 33.3 Å². The van der Waals surface area contributed by atoms with Gasteiger partial charge in [-0.1, -0.05) is 54.1 Å². The number of rotatable bonds is 8. The van der Waals surface area contributed by atoms with E-state index in [-0.39, 0.29) is 12.2 Å². The fourth-order valence-corrected chi connectivity index (χ4v) is 5.17. The van der Waals surface area contributed by atoms with Crippen molar-refractivity contribution in [3.05, 3.63) is 94.5 Å². The summed E-state index contributed by atoms with van der Waals surface area (Å²) in [5.41, 5.74) is -3.57. The number of methoxy groups -OCH3 is 2. The summed E-state index contributed by atoms with van der Waals surface area (Å²) < 4.78 is 22.9. The number of anilines is 1. The lowest BCUT2D eigenvalue weighted by Crippen LogP contribution is -2.69. The maximum absolute atomic E-state index is 14.5. The molecule has 2 amide bonds.